The molecule has 0 radical (unpaired) electrons. The van der Waals surface area contributed by atoms with Crippen LogP contribution in [0.3, 0.4) is 0 Å². The molecule has 1 rings (SSSR count). The van der Waals surface area contributed by atoms with E-state index in [1.54, 1.807) is 7.11 Å². The number of rotatable bonds is 3. The van der Waals surface area contributed by atoms with Gasteiger partial charge in [-0.3, -0.25) is 4.68 Å². The minimum Gasteiger partial charge on any atom is -0.383 e. The molecule has 0 aliphatic rings. The smallest absolute Gasteiger partial charge is 0.0658 e. The van der Waals surface area contributed by atoms with Crippen LogP contribution in [0.1, 0.15) is 32.2 Å². The highest BCUT2D eigenvalue weighted by atomic mass is 16.5. The van der Waals surface area contributed by atoms with Crippen LogP contribution in [0.5, 0.6) is 0 Å². The van der Waals surface area contributed by atoms with Gasteiger partial charge in [0.2, 0.25) is 0 Å². The van der Waals surface area contributed by atoms with Crippen molar-refractivity contribution in [1.29, 1.82) is 0 Å². The molecule has 0 atom stereocenters. The van der Waals surface area contributed by atoms with Gasteiger partial charge in [0.1, 0.15) is 0 Å². The first-order chi connectivity index (χ1) is 6.45. The summed E-state index contributed by atoms with van der Waals surface area (Å²) in [6.07, 6.45) is 0. The quantitative estimate of drug-likeness (QED) is 0.740. The van der Waals surface area contributed by atoms with Crippen LogP contribution >= 0.6 is 0 Å². The lowest BCUT2D eigenvalue weighted by molar-refractivity contribution is 0.181. The van der Waals surface area contributed by atoms with Crippen LogP contribution < -0.4 is 0 Å². The molecule has 3 heteroatoms. The van der Waals surface area contributed by atoms with Crippen molar-refractivity contribution in [2.24, 2.45) is 0 Å². The topological polar surface area (TPSA) is 27.1 Å². The predicted molar refractivity (Wildman–Crippen MR) is 57.5 cm³/mol. The highest BCUT2D eigenvalue weighted by Gasteiger charge is 2.19. The Morgan fingerprint density at radius 1 is 1.43 bits per heavy atom. The molecule has 3 nitrogen and oxygen atoms in total. The third-order valence-electron chi connectivity index (χ3n) is 2.18. The monoisotopic (exact) mass is 196 g/mol. The molecule has 0 aliphatic heterocycles. The first-order valence-corrected chi connectivity index (χ1v) is 4.99. The van der Waals surface area contributed by atoms with Gasteiger partial charge in [-0.05, 0) is 13.0 Å². The number of aromatic nitrogens is 2. The van der Waals surface area contributed by atoms with E-state index in [0.29, 0.717) is 6.61 Å². The minimum atomic E-state index is 0.148. The molecule has 0 N–H and O–H groups in total. The maximum Gasteiger partial charge on any atom is 0.0658 e. The standard InChI is InChI=1S/C11H20N2O/c1-9-8-10(11(2,3)4)13(12-9)6-7-14-5/h8H,6-7H2,1-5H3. The van der Waals surface area contributed by atoms with Gasteiger partial charge in [-0.25, -0.2) is 0 Å². The molecule has 80 valence electrons. The summed E-state index contributed by atoms with van der Waals surface area (Å²) in [5, 5.41) is 4.45. The highest BCUT2D eigenvalue weighted by molar-refractivity contribution is 5.17. The Kier molecular flexibility index (Phi) is 3.32. The Hall–Kier alpha value is -0.830. The maximum atomic E-state index is 5.06. The molecule has 1 aromatic heterocycles. The minimum absolute atomic E-state index is 0.148. The van der Waals surface area contributed by atoms with Crippen molar-refractivity contribution in [3.05, 3.63) is 17.5 Å². The molecule has 0 unspecified atom stereocenters. The first kappa shape index (κ1) is 11.2. The van der Waals surface area contributed by atoms with Crippen LogP contribution in [-0.4, -0.2) is 23.5 Å². The van der Waals surface area contributed by atoms with Crippen LogP contribution in [-0.2, 0) is 16.7 Å². The first-order valence-electron chi connectivity index (χ1n) is 4.99. The molecule has 0 aromatic carbocycles. The predicted octanol–water partition coefficient (Wildman–Crippen LogP) is 2.14. The Morgan fingerprint density at radius 2 is 2.07 bits per heavy atom. The van der Waals surface area contributed by atoms with Crippen LogP contribution in [0.25, 0.3) is 0 Å². The summed E-state index contributed by atoms with van der Waals surface area (Å²) >= 11 is 0. The molecule has 0 aliphatic carbocycles. The Bertz CT molecular complexity index is 297. The van der Waals surface area contributed by atoms with E-state index >= 15 is 0 Å². The van der Waals surface area contributed by atoms with Crippen molar-refractivity contribution in [2.45, 2.75) is 39.7 Å². The van der Waals surface area contributed by atoms with Gasteiger partial charge in [-0.15, -0.1) is 0 Å². The van der Waals surface area contributed by atoms with Gasteiger partial charge in [-0.1, -0.05) is 20.8 Å². The average Bonchev–Trinajstić information content (AvgIpc) is 2.42. The maximum absolute atomic E-state index is 5.06. The number of methoxy groups -OCH3 is 1. The van der Waals surface area contributed by atoms with Gasteiger partial charge in [0, 0.05) is 18.2 Å². The zero-order valence-electron chi connectivity index (χ0n) is 9.79. The second-order valence-electron chi connectivity index (χ2n) is 4.64. The lowest BCUT2D eigenvalue weighted by Crippen LogP contribution is -2.19. The Labute approximate surface area is 86.1 Å². The normalized spacial score (nSPS) is 12.1. The third kappa shape index (κ3) is 2.58. The summed E-state index contributed by atoms with van der Waals surface area (Å²) in [5.41, 5.74) is 2.49. The molecule has 1 heterocycles. The fraction of sp³-hybridized carbons (Fsp3) is 0.727. The summed E-state index contributed by atoms with van der Waals surface area (Å²) in [7, 11) is 1.72. The SMILES string of the molecule is COCCn1nc(C)cc1C(C)(C)C. The second kappa shape index (κ2) is 4.13. The van der Waals surface area contributed by atoms with E-state index < -0.39 is 0 Å². The molecular formula is C11H20N2O. The molecular weight excluding hydrogens is 176 g/mol. The third-order valence-corrected chi connectivity index (χ3v) is 2.18. The lowest BCUT2D eigenvalue weighted by Gasteiger charge is -2.19. The van der Waals surface area contributed by atoms with Gasteiger partial charge in [0.25, 0.3) is 0 Å². The van der Waals surface area contributed by atoms with Crippen LogP contribution in [0.15, 0.2) is 6.07 Å². The van der Waals surface area contributed by atoms with Crippen LogP contribution in [0.2, 0.25) is 0 Å². The summed E-state index contributed by atoms with van der Waals surface area (Å²) in [6.45, 7) is 10.2. The van der Waals surface area contributed by atoms with Gasteiger partial charge in [-0.2, -0.15) is 5.10 Å². The molecule has 0 saturated carbocycles. The summed E-state index contributed by atoms with van der Waals surface area (Å²) in [6, 6.07) is 2.15. The van der Waals surface area contributed by atoms with Crippen molar-refractivity contribution in [2.75, 3.05) is 13.7 Å². The lowest BCUT2D eigenvalue weighted by atomic mass is 9.92. The van der Waals surface area contributed by atoms with Crippen molar-refractivity contribution in [1.82, 2.24) is 9.78 Å². The zero-order chi connectivity index (χ0) is 10.8. The average molecular weight is 196 g/mol. The van der Waals surface area contributed by atoms with Gasteiger partial charge >= 0.3 is 0 Å². The van der Waals surface area contributed by atoms with Crippen molar-refractivity contribution in [3.63, 3.8) is 0 Å². The second-order valence-corrected chi connectivity index (χ2v) is 4.64. The van der Waals surface area contributed by atoms with Gasteiger partial charge < -0.3 is 4.74 Å². The van der Waals surface area contributed by atoms with Crippen LogP contribution in [0, 0.1) is 6.92 Å². The van der Waals surface area contributed by atoms with E-state index in [2.05, 4.69) is 31.9 Å². The van der Waals surface area contributed by atoms with Gasteiger partial charge in [0.05, 0.1) is 18.8 Å². The molecule has 1 aromatic rings. The molecule has 0 fully saturated rings. The number of nitrogens with zero attached hydrogens (tertiary/aromatic N) is 2. The summed E-state index contributed by atoms with van der Waals surface area (Å²) < 4.78 is 7.10. The fourth-order valence-electron chi connectivity index (χ4n) is 1.50. The molecule has 0 amide bonds. The van der Waals surface area contributed by atoms with Crippen molar-refractivity contribution < 1.29 is 4.74 Å². The van der Waals surface area contributed by atoms with E-state index in [-0.39, 0.29) is 5.41 Å². The Morgan fingerprint density at radius 3 is 2.57 bits per heavy atom. The van der Waals surface area contributed by atoms with E-state index in [1.807, 2.05) is 11.6 Å². The largest absolute Gasteiger partial charge is 0.383 e. The van der Waals surface area contributed by atoms with Crippen molar-refractivity contribution in [3.8, 4) is 0 Å². The molecule has 0 saturated heterocycles. The van der Waals surface area contributed by atoms with E-state index in [4.69, 9.17) is 4.74 Å². The van der Waals surface area contributed by atoms with E-state index in [1.165, 1.54) is 5.69 Å². The number of aryl methyl sites for hydroxylation is 1. The van der Waals surface area contributed by atoms with E-state index in [9.17, 15) is 0 Å². The number of ether oxygens (including phenoxy) is 1. The highest BCUT2D eigenvalue weighted by Crippen LogP contribution is 2.22. The zero-order valence-corrected chi connectivity index (χ0v) is 9.79. The number of hydrogen-bond acceptors (Lipinski definition) is 2. The Balaban J connectivity index is 2.91. The van der Waals surface area contributed by atoms with E-state index in [0.717, 1.165) is 12.2 Å². The summed E-state index contributed by atoms with van der Waals surface area (Å²) in [4.78, 5) is 0. The van der Waals surface area contributed by atoms with Crippen molar-refractivity contribution >= 4 is 0 Å². The van der Waals surface area contributed by atoms with Gasteiger partial charge in [0.15, 0.2) is 0 Å². The van der Waals surface area contributed by atoms with Crippen LogP contribution in [0.4, 0.5) is 0 Å². The fourth-order valence-corrected chi connectivity index (χ4v) is 1.50. The molecule has 14 heavy (non-hydrogen) atoms. The number of hydrogen-bond donors (Lipinski definition) is 0. The molecule has 0 bridgehead atoms. The molecule has 0 spiro atoms. The summed E-state index contributed by atoms with van der Waals surface area (Å²) in [5.74, 6) is 0.